The molecule has 0 aromatic heterocycles. The van der Waals surface area contributed by atoms with Gasteiger partial charge in [-0.05, 0) is 30.7 Å². The molecule has 3 nitrogen and oxygen atoms in total. The smallest absolute Gasteiger partial charge is 0.121 e. The normalized spacial score (nSPS) is 9.95. The largest absolute Gasteiger partial charge is 0.497 e. The van der Waals surface area contributed by atoms with Crippen LogP contribution in [0.1, 0.15) is 25.3 Å². The Morgan fingerprint density at radius 3 is 2.52 bits per heavy atom. The van der Waals surface area contributed by atoms with Crippen molar-refractivity contribution in [3.8, 4) is 11.8 Å². The third-order valence-electron chi connectivity index (χ3n) is 3.42. The Hall–Kier alpha value is -2.47. The molecule has 0 spiro atoms. The standard InChI is InChI=1S/C18H20N2O/c1-3-4-12-20(16-8-6-5-7-9-16)18-13-17(21-2)11-10-15(18)14-19/h5-11,13H,3-4,12H2,1-2H3. The lowest BCUT2D eigenvalue weighted by molar-refractivity contribution is 0.415. The molecular formula is C18H20N2O. The topological polar surface area (TPSA) is 36.3 Å². The number of nitrogens with zero attached hydrogens (tertiary/aromatic N) is 2. The number of benzene rings is 2. The Morgan fingerprint density at radius 2 is 1.90 bits per heavy atom. The monoisotopic (exact) mass is 280 g/mol. The zero-order chi connectivity index (χ0) is 15.1. The van der Waals surface area contributed by atoms with Gasteiger partial charge in [-0.2, -0.15) is 5.26 Å². The summed E-state index contributed by atoms with van der Waals surface area (Å²) in [6.07, 6.45) is 2.17. The highest BCUT2D eigenvalue weighted by Crippen LogP contribution is 2.31. The molecule has 0 fully saturated rings. The van der Waals surface area contributed by atoms with Crippen molar-refractivity contribution in [2.45, 2.75) is 19.8 Å². The average molecular weight is 280 g/mol. The van der Waals surface area contributed by atoms with E-state index in [0.717, 1.165) is 36.5 Å². The zero-order valence-corrected chi connectivity index (χ0v) is 12.5. The SMILES string of the molecule is CCCCN(c1ccccc1)c1cc(OC)ccc1C#N. The highest BCUT2D eigenvalue weighted by Gasteiger charge is 2.14. The highest BCUT2D eigenvalue weighted by molar-refractivity contribution is 5.70. The van der Waals surface area contributed by atoms with Gasteiger partial charge in [0.2, 0.25) is 0 Å². The third-order valence-corrected chi connectivity index (χ3v) is 3.42. The van der Waals surface area contributed by atoms with Crippen LogP contribution in [0, 0.1) is 11.3 Å². The van der Waals surface area contributed by atoms with Gasteiger partial charge in [0.05, 0.1) is 18.4 Å². The lowest BCUT2D eigenvalue weighted by Gasteiger charge is -2.26. The molecule has 0 saturated carbocycles. The molecule has 0 amide bonds. The van der Waals surface area contributed by atoms with E-state index in [4.69, 9.17) is 4.74 Å². The van der Waals surface area contributed by atoms with E-state index in [9.17, 15) is 5.26 Å². The van der Waals surface area contributed by atoms with Crippen molar-refractivity contribution in [1.29, 1.82) is 5.26 Å². The molecule has 0 radical (unpaired) electrons. The van der Waals surface area contributed by atoms with E-state index in [-0.39, 0.29) is 0 Å². The van der Waals surface area contributed by atoms with Crippen LogP contribution < -0.4 is 9.64 Å². The van der Waals surface area contributed by atoms with Crippen molar-refractivity contribution in [2.24, 2.45) is 0 Å². The molecule has 21 heavy (non-hydrogen) atoms. The predicted octanol–water partition coefficient (Wildman–Crippen LogP) is 4.51. The minimum absolute atomic E-state index is 0.663. The minimum atomic E-state index is 0.663. The molecule has 108 valence electrons. The summed E-state index contributed by atoms with van der Waals surface area (Å²) in [5, 5.41) is 9.39. The molecule has 0 bridgehead atoms. The Balaban J connectivity index is 2.48. The number of hydrogen-bond acceptors (Lipinski definition) is 3. The van der Waals surface area contributed by atoms with Gasteiger partial charge in [-0.25, -0.2) is 0 Å². The molecule has 0 heterocycles. The molecule has 0 saturated heterocycles. The number of ether oxygens (including phenoxy) is 1. The summed E-state index contributed by atoms with van der Waals surface area (Å²) < 4.78 is 5.31. The molecular weight excluding hydrogens is 260 g/mol. The molecule has 0 N–H and O–H groups in total. The Labute approximate surface area is 126 Å². The van der Waals surface area contributed by atoms with Crippen molar-refractivity contribution in [2.75, 3.05) is 18.6 Å². The Bertz CT molecular complexity index is 617. The van der Waals surface area contributed by atoms with E-state index in [2.05, 4.69) is 30.0 Å². The average Bonchev–Trinajstić information content (AvgIpc) is 2.56. The van der Waals surface area contributed by atoms with Crippen molar-refractivity contribution in [1.82, 2.24) is 0 Å². The summed E-state index contributed by atoms with van der Waals surface area (Å²) in [5.41, 5.74) is 2.66. The molecule has 0 aliphatic heterocycles. The number of rotatable bonds is 6. The van der Waals surface area contributed by atoms with Crippen molar-refractivity contribution in [3.63, 3.8) is 0 Å². The van der Waals surface area contributed by atoms with Crippen LogP contribution in [0.25, 0.3) is 0 Å². The third kappa shape index (κ3) is 3.55. The maximum atomic E-state index is 9.39. The van der Waals surface area contributed by atoms with Crippen LogP contribution in [0.2, 0.25) is 0 Å². The molecule has 2 aromatic carbocycles. The van der Waals surface area contributed by atoms with Gasteiger partial charge in [0.15, 0.2) is 0 Å². The van der Waals surface area contributed by atoms with Crippen LogP contribution in [0.5, 0.6) is 5.75 Å². The fourth-order valence-corrected chi connectivity index (χ4v) is 2.27. The van der Waals surface area contributed by atoms with E-state index in [1.165, 1.54) is 0 Å². The van der Waals surface area contributed by atoms with E-state index >= 15 is 0 Å². The van der Waals surface area contributed by atoms with Crippen molar-refractivity contribution < 1.29 is 4.74 Å². The minimum Gasteiger partial charge on any atom is -0.497 e. The summed E-state index contributed by atoms with van der Waals surface area (Å²) in [4.78, 5) is 2.19. The quantitative estimate of drug-likeness (QED) is 0.781. The van der Waals surface area contributed by atoms with Gasteiger partial charge in [0.1, 0.15) is 11.8 Å². The van der Waals surface area contributed by atoms with E-state index in [1.807, 2.05) is 36.4 Å². The van der Waals surface area contributed by atoms with Gasteiger partial charge < -0.3 is 9.64 Å². The number of nitriles is 1. The van der Waals surface area contributed by atoms with Crippen molar-refractivity contribution >= 4 is 11.4 Å². The second-order valence-electron chi connectivity index (χ2n) is 4.84. The summed E-state index contributed by atoms with van der Waals surface area (Å²) >= 11 is 0. The van der Waals surface area contributed by atoms with Gasteiger partial charge >= 0.3 is 0 Å². The van der Waals surface area contributed by atoms with Crippen molar-refractivity contribution in [3.05, 3.63) is 54.1 Å². The Morgan fingerprint density at radius 1 is 1.14 bits per heavy atom. The van der Waals surface area contributed by atoms with E-state index in [1.54, 1.807) is 7.11 Å². The second kappa shape index (κ2) is 7.35. The lowest BCUT2D eigenvalue weighted by Crippen LogP contribution is -2.19. The molecule has 0 aliphatic rings. The maximum Gasteiger partial charge on any atom is 0.121 e. The summed E-state index contributed by atoms with van der Waals surface area (Å²) in [6.45, 7) is 3.04. The zero-order valence-electron chi connectivity index (χ0n) is 12.5. The number of anilines is 2. The van der Waals surface area contributed by atoms with Crippen LogP contribution >= 0.6 is 0 Å². The number of unbranched alkanes of at least 4 members (excludes halogenated alkanes) is 1. The maximum absolute atomic E-state index is 9.39. The first-order valence-electron chi connectivity index (χ1n) is 7.21. The van der Waals surface area contributed by atoms with Gasteiger partial charge in [0, 0.05) is 18.3 Å². The molecule has 2 aromatic rings. The number of hydrogen-bond donors (Lipinski definition) is 0. The second-order valence-corrected chi connectivity index (χ2v) is 4.84. The Kier molecular flexibility index (Phi) is 5.22. The van der Waals surface area contributed by atoms with Crippen LogP contribution in [0.4, 0.5) is 11.4 Å². The molecule has 3 heteroatoms. The first kappa shape index (κ1) is 14.9. The van der Waals surface area contributed by atoms with Crippen LogP contribution in [0.15, 0.2) is 48.5 Å². The fourth-order valence-electron chi connectivity index (χ4n) is 2.27. The fraction of sp³-hybridized carbons (Fsp3) is 0.278. The molecule has 0 unspecified atom stereocenters. The molecule has 0 atom stereocenters. The lowest BCUT2D eigenvalue weighted by atomic mass is 10.1. The molecule has 2 rings (SSSR count). The first-order valence-corrected chi connectivity index (χ1v) is 7.21. The summed E-state index contributed by atoms with van der Waals surface area (Å²) in [5.74, 6) is 0.765. The van der Waals surface area contributed by atoms with Gasteiger partial charge in [-0.1, -0.05) is 31.5 Å². The first-order chi connectivity index (χ1) is 10.3. The van der Waals surface area contributed by atoms with Crippen LogP contribution in [-0.2, 0) is 0 Å². The predicted molar refractivity (Wildman–Crippen MR) is 86.1 cm³/mol. The van der Waals surface area contributed by atoms with Crippen LogP contribution in [0.3, 0.4) is 0 Å². The van der Waals surface area contributed by atoms with E-state index in [0.29, 0.717) is 5.56 Å². The van der Waals surface area contributed by atoms with E-state index < -0.39 is 0 Å². The van der Waals surface area contributed by atoms with Gasteiger partial charge in [-0.15, -0.1) is 0 Å². The number of para-hydroxylation sites is 1. The molecule has 0 aliphatic carbocycles. The highest BCUT2D eigenvalue weighted by atomic mass is 16.5. The van der Waals surface area contributed by atoms with Crippen LogP contribution in [-0.4, -0.2) is 13.7 Å². The van der Waals surface area contributed by atoms with Gasteiger partial charge in [0.25, 0.3) is 0 Å². The summed E-state index contributed by atoms with van der Waals surface area (Å²) in [6, 6.07) is 18.0. The number of methoxy groups -OCH3 is 1. The van der Waals surface area contributed by atoms with Gasteiger partial charge in [-0.3, -0.25) is 0 Å². The summed E-state index contributed by atoms with van der Waals surface area (Å²) in [7, 11) is 1.64.